The van der Waals surface area contributed by atoms with E-state index in [1.165, 1.54) is 8.97 Å². The zero-order valence-electron chi connectivity index (χ0n) is 20.4. The lowest BCUT2D eigenvalue weighted by molar-refractivity contribution is -0.122. The lowest BCUT2D eigenvalue weighted by Crippen LogP contribution is -2.34. The Hall–Kier alpha value is -4.21. The number of para-hydroxylation sites is 1. The largest absolute Gasteiger partial charge is 0.354 e. The van der Waals surface area contributed by atoms with Crippen molar-refractivity contribution in [1.82, 2.24) is 29.4 Å². The highest BCUT2D eigenvalue weighted by Gasteiger charge is 2.19. The van der Waals surface area contributed by atoms with E-state index in [0.717, 1.165) is 16.7 Å². The number of nitrogens with one attached hydrogen (secondary N) is 2. The third kappa shape index (κ3) is 5.37. The van der Waals surface area contributed by atoms with Crippen molar-refractivity contribution < 1.29 is 9.59 Å². The van der Waals surface area contributed by atoms with Gasteiger partial charge in [0.05, 0.1) is 10.9 Å². The van der Waals surface area contributed by atoms with Crippen LogP contribution in [0.3, 0.4) is 0 Å². The molecule has 0 saturated carbocycles. The molecule has 4 rings (SSSR count). The molecule has 2 N–H and O–H groups in total. The van der Waals surface area contributed by atoms with Crippen LogP contribution in [0.1, 0.15) is 32.3 Å². The molecule has 0 spiro atoms. The molecule has 0 radical (unpaired) electrons. The van der Waals surface area contributed by atoms with Gasteiger partial charge in [-0.05, 0) is 37.5 Å². The quantitative estimate of drug-likeness (QED) is 0.349. The Kier molecular flexibility index (Phi) is 7.62. The van der Waals surface area contributed by atoms with E-state index in [1.807, 2.05) is 44.2 Å². The van der Waals surface area contributed by atoms with Gasteiger partial charge in [-0.1, -0.05) is 49.4 Å². The van der Waals surface area contributed by atoms with Crippen LogP contribution >= 0.6 is 0 Å². The molecule has 188 valence electrons. The lowest BCUT2D eigenvalue weighted by Gasteiger charge is -2.12. The minimum Gasteiger partial charge on any atom is -0.354 e. The first kappa shape index (κ1) is 24.9. The van der Waals surface area contributed by atoms with Crippen LogP contribution in [0.2, 0.25) is 0 Å². The summed E-state index contributed by atoms with van der Waals surface area (Å²) in [5.74, 6) is -0.457. The number of hydrogen-bond acceptors (Lipinski definition) is 5. The number of benzene rings is 2. The average Bonchev–Trinajstić information content (AvgIpc) is 3.20. The van der Waals surface area contributed by atoms with Crippen LogP contribution in [-0.4, -0.2) is 43.1 Å². The van der Waals surface area contributed by atoms with Gasteiger partial charge in [-0.2, -0.15) is 0 Å². The van der Waals surface area contributed by atoms with Crippen LogP contribution in [0.15, 0.2) is 64.2 Å². The SMILES string of the molecule is CCC(C)NC(=O)CCn1c(=O)c2ccccc2n2c(=O)n(CC(=O)NCCc3ccccc3)nc12. The van der Waals surface area contributed by atoms with Gasteiger partial charge in [0, 0.05) is 25.6 Å². The Balaban J connectivity index is 1.60. The molecule has 2 aromatic heterocycles. The Bertz CT molecular complexity index is 1500. The molecule has 0 aliphatic carbocycles. The van der Waals surface area contributed by atoms with Crippen molar-refractivity contribution >= 4 is 28.5 Å². The Labute approximate surface area is 207 Å². The molecule has 10 nitrogen and oxygen atoms in total. The summed E-state index contributed by atoms with van der Waals surface area (Å²) in [7, 11) is 0. The van der Waals surface area contributed by atoms with Gasteiger partial charge in [-0.15, -0.1) is 5.10 Å². The standard InChI is InChI=1S/C26H30N6O4/c1-3-18(2)28-22(33)14-16-30-24(35)20-11-7-8-12-21(20)32-25(30)29-31(26(32)36)17-23(34)27-15-13-19-9-5-4-6-10-19/h4-12,18H,3,13-17H2,1-2H3,(H,27,34)(H,28,33). The fraction of sp³-hybridized carbons (Fsp3) is 0.346. The van der Waals surface area contributed by atoms with Crippen molar-refractivity contribution in [2.75, 3.05) is 6.54 Å². The van der Waals surface area contributed by atoms with E-state index in [9.17, 15) is 19.2 Å². The molecule has 0 aliphatic heterocycles. The van der Waals surface area contributed by atoms with Crippen LogP contribution in [0.5, 0.6) is 0 Å². The highest BCUT2D eigenvalue weighted by molar-refractivity contribution is 5.80. The van der Waals surface area contributed by atoms with Gasteiger partial charge >= 0.3 is 5.69 Å². The minimum absolute atomic E-state index is 0.0214. The molecule has 0 saturated heterocycles. The Morgan fingerprint density at radius 2 is 1.72 bits per heavy atom. The Morgan fingerprint density at radius 3 is 2.47 bits per heavy atom. The van der Waals surface area contributed by atoms with Gasteiger partial charge in [-0.25, -0.2) is 13.9 Å². The first-order chi connectivity index (χ1) is 17.4. The number of amides is 2. The molecule has 4 aromatic rings. The second-order valence-electron chi connectivity index (χ2n) is 8.76. The van der Waals surface area contributed by atoms with Gasteiger partial charge in [0.15, 0.2) is 0 Å². The maximum atomic E-state index is 13.2. The molecule has 0 aliphatic rings. The molecule has 0 bridgehead atoms. The highest BCUT2D eigenvalue weighted by atomic mass is 16.2. The van der Waals surface area contributed by atoms with E-state index >= 15 is 0 Å². The molecule has 2 aromatic carbocycles. The van der Waals surface area contributed by atoms with Crippen molar-refractivity contribution in [2.24, 2.45) is 0 Å². The normalized spacial score (nSPS) is 12.1. The summed E-state index contributed by atoms with van der Waals surface area (Å²) < 4.78 is 3.69. The number of hydrogen-bond donors (Lipinski definition) is 2. The fourth-order valence-corrected chi connectivity index (χ4v) is 4.02. The van der Waals surface area contributed by atoms with Crippen molar-refractivity contribution in [2.45, 2.75) is 52.2 Å². The predicted octanol–water partition coefficient (Wildman–Crippen LogP) is 1.47. The molecule has 0 fully saturated rings. The molecule has 2 amide bonds. The van der Waals surface area contributed by atoms with Gasteiger partial charge < -0.3 is 10.6 Å². The zero-order chi connectivity index (χ0) is 25.7. The van der Waals surface area contributed by atoms with E-state index in [0.29, 0.717) is 23.9 Å². The van der Waals surface area contributed by atoms with Gasteiger partial charge in [-0.3, -0.25) is 19.0 Å². The van der Waals surface area contributed by atoms with Crippen LogP contribution in [0, 0.1) is 0 Å². The third-order valence-corrected chi connectivity index (χ3v) is 6.14. The van der Waals surface area contributed by atoms with Crippen LogP contribution < -0.4 is 21.9 Å². The van der Waals surface area contributed by atoms with E-state index in [2.05, 4.69) is 15.7 Å². The molecule has 1 atom stereocenters. The molecular formula is C26H30N6O4. The number of rotatable bonds is 10. The molecule has 36 heavy (non-hydrogen) atoms. The summed E-state index contributed by atoms with van der Waals surface area (Å²) in [6.45, 7) is 4.06. The summed E-state index contributed by atoms with van der Waals surface area (Å²) in [6, 6.07) is 16.5. The van der Waals surface area contributed by atoms with Crippen LogP contribution in [0.4, 0.5) is 0 Å². The van der Waals surface area contributed by atoms with E-state index < -0.39 is 5.69 Å². The first-order valence-corrected chi connectivity index (χ1v) is 12.1. The van der Waals surface area contributed by atoms with Crippen molar-refractivity contribution in [3.05, 3.63) is 81.0 Å². The minimum atomic E-state index is -0.530. The second-order valence-corrected chi connectivity index (χ2v) is 8.76. The number of aryl methyl sites for hydroxylation is 1. The predicted molar refractivity (Wildman–Crippen MR) is 137 cm³/mol. The molecule has 1 unspecified atom stereocenters. The number of fused-ring (bicyclic) bond motifs is 3. The monoisotopic (exact) mass is 490 g/mol. The van der Waals surface area contributed by atoms with Crippen molar-refractivity contribution in [3.8, 4) is 0 Å². The highest BCUT2D eigenvalue weighted by Crippen LogP contribution is 2.11. The van der Waals surface area contributed by atoms with Crippen LogP contribution in [-0.2, 0) is 29.1 Å². The van der Waals surface area contributed by atoms with Crippen molar-refractivity contribution in [3.63, 3.8) is 0 Å². The summed E-state index contributed by atoms with van der Waals surface area (Å²) in [5.41, 5.74) is 0.616. The lowest BCUT2D eigenvalue weighted by atomic mass is 10.1. The van der Waals surface area contributed by atoms with E-state index in [1.54, 1.807) is 24.3 Å². The van der Waals surface area contributed by atoms with Gasteiger partial charge in [0.2, 0.25) is 17.6 Å². The Morgan fingerprint density at radius 1 is 1.00 bits per heavy atom. The van der Waals surface area contributed by atoms with E-state index in [-0.39, 0.29) is 48.7 Å². The van der Waals surface area contributed by atoms with Crippen molar-refractivity contribution in [1.29, 1.82) is 0 Å². The maximum absolute atomic E-state index is 13.2. The smallest absolute Gasteiger partial charge is 0.352 e. The molecule has 2 heterocycles. The van der Waals surface area contributed by atoms with Gasteiger partial charge in [0.1, 0.15) is 6.54 Å². The third-order valence-electron chi connectivity index (χ3n) is 6.14. The summed E-state index contributed by atoms with van der Waals surface area (Å²) in [5, 5.41) is 10.3. The maximum Gasteiger partial charge on any atom is 0.352 e. The number of nitrogens with zero attached hydrogens (tertiary/aromatic N) is 4. The number of carbonyl (C=O) groups excluding carboxylic acids is 2. The second kappa shape index (κ2) is 11.0. The summed E-state index contributed by atoms with van der Waals surface area (Å²) in [6.07, 6.45) is 1.51. The average molecular weight is 491 g/mol. The van der Waals surface area contributed by atoms with Gasteiger partial charge in [0.25, 0.3) is 5.56 Å². The van der Waals surface area contributed by atoms with Crippen LogP contribution in [0.25, 0.3) is 16.7 Å². The first-order valence-electron chi connectivity index (χ1n) is 12.1. The molecule has 10 heteroatoms. The fourth-order valence-electron chi connectivity index (χ4n) is 4.02. The summed E-state index contributed by atoms with van der Waals surface area (Å²) >= 11 is 0. The summed E-state index contributed by atoms with van der Waals surface area (Å²) in [4.78, 5) is 51.4. The number of aromatic nitrogens is 4. The molecular weight excluding hydrogens is 460 g/mol. The van der Waals surface area contributed by atoms with E-state index in [4.69, 9.17) is 0 Å². The topological polar surface area (TPSA) is 120 Å². The number of carbonyl (C=O) groups is 2. The zero-order valence-corrected chi connectivity index (χ0v) is 20.4.